The molecule has 2 rings (SSSR count). The Balaban J connectivity index is 0.000000405. The number of rotatable bonds is 0. The first-order chi connectivity index (χ1) is 3.86. The van der Waals surface area contributed by atoms with Gasteiger partial charge in [-0.15, -0.1) is 24.8 Å². The summed E-state index contributed by atoms with van der Waals surface area (Å²) in [5.74, 6) is 0. The topological polar surface area (TPSA) is 15.3 Å². The molecule has 0 radical (unpaired) electrons. The number of likely N-dealkylation sites (tertiary alicyclic amines) is 1. The van der Waals surface area contributed by atoms with E-state index in [0.29, 0.717) is 0 Å². The van der Waals surface area contributed by atoms with Crippen molar-refractivity contribution in [3.05, 3.63) is 0 Å². The summed E-state index contributed by atoms with van der Waals surface area (Å²) < 4.78 is 0. The molecule has 1 N–H and O–H groups in total. The zero-order valence-corrected chi connectivity index (χ0v) is 7.67. The van der Waals surface area contributed by atoms with Crippen LogP contribution in [-0.4, -0.2) is 37.1 Å². The minimum absolute atomic E-state index is 0. The molecule has 2 aliphatic heterocycles. The minimum atomic E-state index is 0. The first-order valence-corrected chi connectivity index (χ1v) is 3.30. The number of hydrogen-bond acceptors (Lipinski definition) is 2. The molecular formula is C6H14Cl2N2. The van der Waals surface area contributed by atoms with Crippen molar-refractivity contribution in [1.82, 2.24) is 10.2 Å². The van der Waals surface area contributed by atoms with Crippen molar-refractivity contribution in [3.8, 4) is 0 Å². The van der Waals surface area contributed by atoms with Crippen LogP contribution >= 0.6 is 24.8 Å². The third-order valence-electron chi connectivity index (χ3n) is 2.33. The standard InChI is InChI=1S/C6H12N2.2ClH/c1-8-4-5-2-6(8)3-7-5;;/h5-7H,2-4H2,1H3;2*1H/t5-,6-;;/m1../s1. The Morgan fingerprint density at radius 3 is 2.30 bits per heavy atom. The molecule has 0 saturated carbocycles. The summed E-state index contributed by atoms with van der Waals surface area (Å²) in [5, 5.41) is 3.44. The van der Waals surface area contributed by atoms with Gasteiger partial charge in [0.25, 0.3) is 0 Å². The highest BCUT2D eigenvalue weighted by molar-refractivity contribution is 5.85. The molecule has 2 aliphatic rings. The molecule has 0 aromatic carbocycles. The van der Waals surface area contributed by atoms with Crippen LogP contribution in [0.3, 0.4) is 0 Å². The highest BCUT2D eigenvalue weighted by Crippen LogP contribution is 2.20. The monoisotopic (exact) mass is 184 g/mol. The molecule has 0 aliphatic carbocycles. The largest absolute Gasteiger partial charge is 0.311 e. The Labute approximate surface area is 74.2 Å². The second-order valence-electron chi connectivity index (χ2n) is 2.93. The van der Waals surface area contributed by atoms with E-state index in [1.807, 2.05) is 0 Å². The number of likely N-dealkylation sites (N-methyl/N-ethyl adjacent to an activating group) is 1. The SMILES string of the molecule is CN1C[C@H]2C[C@@H]1CN2.Cl.Cl. The van der Waals surface area contributed by atoms with Gasteiger partial charge in [0.1, 0.15) is 0 Å². The molecule has 2 heterocycles. The molecule has 0 spiro atoms. The molecule has 0 aromatic heterocycles. The van der Waals surface area contributed by atoms with Gasteiger partial charge in [-0.3, -0.25) is 0 Å². The number of hydrogen-bond donors (Lipinski definition) is 1. The average molecular weight is 185 g/mol. The summed E-state index contributed by atoms with van der Waals surface area (Å²) in [5.41, 5.74) is 0. The molecule has 10 heavy (non-hydrogen) atoms. The second kappa shape index (κ2) is 3.77. The van der Waals surface area contributed by atoms with Crippen molar-refractivity contribution in [2.45, 2.75) is 18.5 Å². The van der Waals surface area contributed by atoms with E-state index >= 15 is 0 Å². The van der Waals surface area contributed by atoms with Crippen LogP contribution in [0.5, 0.6) is 0 Å². The number of fused-ring (bicyclic) bond motifs is 2. The minimum Gasteiger partial charge on any atom is -0.311 e. The average Bonchev–Trinajstić information content (AvgIpc) is 2.23. The van der Waals surface area contributed by atoms with E-state index in [0.717, 1.165) is 12.1 Å². The maximum Gasteiger partial charge on any atom is 0.0233 e. The molecule has 2 bridgehead atoms. The Hall–Kier alpha value is 0.500. The predicted molar refractivity (Wildman–Crippen MR) is 47.3 cm³/mol. The summed E-state index contributed by atoms with van der Waals surface area (Å²) >= 11 is 0. The van der Waals surface area contributed by atoms with E-state index in [-0.39, 0.29) is 24.8 Å². The van der Waals surface area contributed by atoms with Gasteiger partial charge in [0.05, 0.1) is 0 Å². The molecule has 2 atom stereocenters. The van der Waals surface area contributed by atoms with Gasteiger partial charge in [-0.1, -0.05) is 0 Å². The Bertz CT molecular complexity index is 108. The summed E-state index contributed by atoms with van der Waals surface area (Å²) in [7, 11) is 2.21. The van der Waals surface area contributed by atoms with Crippen molar-refractivity contribution in [1.29, 1.82) is 0 Å². The van der Waals surface area contributed by atoms with Crippen LogP contribution in [0, 0.1) is 0 Å². The molecule has 2 saturated heterocycles. The van der Waals surface area contributed by atoms with E-state index in [1.165, 1.54) is 19.5 Å². The smallest absolute Gasteiger partial charge is 0.0233 e. The third kappa shape index (κ3) is 1.56. The summed E-state index contributed by atoms with van der Waals surface area (Å²) in [6.07, 6.45) is 1.39. The van der Waals surface area contributed by atoms with Gasteiger partial charge in [0.15, 0.2) is 0 Å². The fourth-order valence-corrected chi connectivity index (χ4v) is 1.77. The van der Waals surface area contributed by atoms with Gasteiger partial charge in [0.2, 0.25) is 0 Å². The summed E-state index contributed by atoms with van der Waals surface area (Å²) in [6.45, 7) is 2.49. The quantitative estimate of drug-likeness (QED) is 0.591. The lowest BCUT2D eigenvalue weighted by Gasteiger charge is -2.21. The van der Waals surface area contributed by atoms with Crippen LogP contribution in [0.1, 0.15) is 6.42 Å². The Morgan fingerprint density at radius 2 is 2.10 bits per heavy atom. The maximum atomic E-state index is 3.44. The summed E-state index contributed by atoms with van der Waals surface area (Å²) in [4.78, 5) is 2.45. The van der Waals surface area contributed by atoms with Crippen molar-refractivity contribution in [2.24, 2.45) is 0 Å². The van der Waals surface area contributed by atoms with E-state index in [4.69, 9.17) is 0 Å². The molecule has 62 valence electrons. The summed E-state index contributed by atoms with van der Waals surface area (Å²) in [6, 6.07) is 1.69. The normalized spacial score (nSPS) is 36.9. The van der Waals surface area contributed by atoms with E-state index < -0.39 is 0 Å². The number of piperazine rings is 1. The Kier molecular flexibility index (Phi) is 3.95. The van der Waals surface area contributed by atoms with Gasteiger partial charge >= 0.3 is 0 Å². The van der Waals surface area contributed by atoms with Crippen molar-refractivity contribution in [3.63, 3.8) is 0 Å². The van der Waals surface area contributed by atoms with Crippen molar-refractivity contribution < 1.29 is 0 Å². The molecule has 0 amide bonds. The second-order valence-corrected chi connectivity index (χ2v) is 2.93. The van der Waals surface area contributed by atoms with E-state index in [9.17, 15) is 0 Å². The van der Waals surface area contributed by atoms with Gasteiger partial charge in [0, 0.05) is 25.2 Å². The lowest BCUT2D eigenvalue weighted by Crippen LogP contribution is -2.41. The molecule has 2 nitrogen and oxygen atoms in total. The van der Waals surface area contributed by atoms with E-state index in [1.54, 1.807) is 0 Å². The molecular weight excluding hydrogens is 171 g/mol. The van der Waals surface area contributed by atoms with Gasteiger partial charge < -0.3 is 10.2 Å². The highest BCUT2D eigenvalue weighted by Gasteiger charge is 2.34. The molecule has 0 aromatic rings. The lowest BCUT2D eigenvalue weighted by atomic mass is 10.2. The molecule has 2 fully saturated rings. The van der Waals surface area contributed by atoms with Crippen LogP contribution in [0.4, 0.5) is 0 Å². The number of halogens is 2. The first kappa shape index (κ1) is 10.5. The fraction of sp³-hybridized carbons (Fsp3) is 1.00. The van der Waals surface area contributed by atoms with Crippen LogP contribution in [-0.2, 0) is 0 Å². The van der Waals surface area contributed by atoms with Crippen molar-refractivity contribution in [2.75, 3.05) is 20.1 Å². The zero-order valence-electron chi connectivity index (χ0n) is 6.04. The van der Waals surface area contributed by atoms with Crippen molar-refractivity contribution >= 4 is 24.8 Å². The first-order valence-electron chi connectivity index (χ1n) is 3.30. The lowest BCUT2D eigenvalue weighted by molar-refractivity contribution is 0.276. The Morgan fingerprint density at radius 1 is 1.40 bits per heavy atom. The highest BCUT2D eigenvalue weighted by atomic mass is 35.5. The van der Waals surface area contributed by atoms with Gasteiger partial charge in [-0.2, -0.15) is 0 Å². The third-order valence-corrected chi connectivity index (χ3v) is 2.33. The molecule has 0 unspecified atom stereocenters. The van der Waals surface area contributed by atoms with Crippen LogP contribution in [0.15, 0.2) is 0 Å². The predicted octanol–water partition coefficient (Wildman–Crippen LogP) is 0.506. The number of nitrogens with one attached hydrogen (secondary N) is 1. The molecule has 4 heteroatoms. The number of nitrogens with zero attached hydrogens (tertiary/aromatic N) is 1. The van der Waals surface area contributed by atoms with E-state index in [2.05, 4.69) is 17.3 Å². The maximum absolute atomic E-state index is 3.44. The van der Waals surface area contributed by atoms with Crippen LogP contribution in [0.25, 0.3) is 0 Å². The zero-order chi connectivity index (χ0) is 5.56. The van der Waals surface area contributed by atoms with Crippen LogP contribution in [0.2, 0.25) is 0 Å². The van der Waals surface area contributed by atoms with Gasteiger partial charge in [-0.25, -0.2) is 0 Å². The van der Waals surface area contributed by atoms with Gasteiger partial charge in [-0.05, 0) is 13.5 Å². The fourth-order valence-electron chi connectivity index (χ4n) is 1.77. The van der Waals surface area contributed by atoms with Crippen LogP contribution < -0.4 is 5.32 Å².